The van der Waals surface area contributed by atoms with Crippen LogP contribution >= 0.6 is 0 Å². The first-order chi connectivity index (χ1) is 12.4. The molecule has 3 rings (SSSR count). The minimum Gasteiger partial charge on any atom is -0.364 e. The first kappa shape index (κ1) is 18.4. The Morgan fingerprint density at radius 2 is 2.27 bits per heavy atom. The summed E-state index contributed by atoms with van der Waals surface area (Å²) in [5.74, 6) is -0.101. The molecule has 26 heavy (non-hydrogen) atoms. The summed E-state index contributed by atoms with van der Waals surface area (Å²) in [7, 11) is -1.50. The number of hydrogen-bond acceptors (Lipinski definition) is 6. The molecule has 0 fully saturated rings. The van der Waals surface area contributed by atoms with Crippen molar-refractivity contribution in [2.75, 3.05) is 23.7 Å². The average Bonchev–Trinajstić information content (AvgIpc) is 2.98. The van der Waals surface area contributed by atoms with Gasteiger partial charge in [-0.05, 0) is 30.2 Å². The molecule has 2 aromatic rings. The lowest BCUT2D eigenvalue weighted by atomic mass is 9.96. The summed E-state index contributed by atoms with van der Waals surface area (Å²) in [6.45, 7) is 1.22. The zero-order chi connectivity index (χ0) is 18.7. The number of anilines is 1. The normalized spacial score (nSPS) is 17.0. The lowest BCUT2D eigenvalue weighted by Gasteiger charge is -2.36. The van der Waals surface area contributed by atoms with E-state index in [4.69, 9.17) is 5.73 Å². The van der Waals surface area contributed by atoms with Crippen molar-refractivity contribution in [3.63, 3.8) is 0 Å². The molecule has 1 atom stereocenters. The van der Waals surface area contributed by atoms with E-state index in [-0.39, 0.29) is 18.3 Å². The Labute approximate surface area is 153 Å². The van der Waals surface area contributed by atoms with Gasteiger partial charge in [0.15, 0.2) is 0 Å². The van der Waals surface area contributed by atoms with Gasteiger partial charge in [0.1, 0.15) is 0 Å². The lowest BCUT2D eigenvalue weighted by molar-refractivity contribution is 0.522. The second-order valence-electron chi connectivity index (χ2n) is 6.46. The van der Waals surface area contributed by atoms with Crippen LogP contribution in [0, 0.1) is 11.3 Å². The van der Waals surface area contributed by atoms with Crippen molar-refractivity contribution in [3.05, 3.63) is 47.5 Å². The number of hydrogen-bond donors (Lipinski definition) is 2. The maximum Gasteiger partial charge on any atom is 0.213 e. The maximum absolute atomic E-state index is 12.1. The minimum atomic E-state index is -3.43. The average molecular weight is 374 g/mol. The van der Waals surface area contributed by atoms with E-state index < -0.39 is 10.0 Å². The van der Waals surface area contributed by atoms with E-state index in [2.05, 4.69) is 20.7 Å². The van der Waals surface area contributed by atoms with Gasteiger partial charge in [0.05, 0.1) is 36.0 Å². The van der Waals surface area contributed by atoms with E-state index in [1.807, 2.05) is 23.7 Å². The molecule has 1 aromatic carbocycles. The topological polar surface area (TPSA) is 117 Å². The third-order valence-corrected chi connectivity index (χ3v) is 5.92. The number of imidazole rings is 1. The number of rotatable bonds is 6. The van der Waals surface area contributed by atoms with Gasteiger partial charge in [-0.25, -0.2) is 18.1 Å². The van der Waals surface area contributed by atoms with E-state index in [0.29, 0.717) is 25.1 Å². The molecule has 0 aliphatic carbocycles. The van der Waals surface area contributed by atoms with Crippen LogP contribution in [0.1, 0.15) is 16.8 Å². The van der Waals surface area contributed by atoms with Crippen LogP contribution in [0.2, 0.25) is 0 Å². The molecular weight excluding hydrogens is 352 g/mol. The molecule has 0 saturated heterocycles. The van der Waals surface area contributed by atoms with Crippen molar-refractivity contribution in [2.45, 2.75) is 19.0 Å². The minimum absolute atomic E-state index is 0.0793. The summed E-state index contributed by atoms with van der Waals surface area (Å²) in [5.41, 5.74) is 8.95. The van der Waals surface area contributed by atoms with Gasteiger partial charge in [0.2, 0.25) is 10.0 Å². The van der Waals surface area contributed by atoms with E-state index in [0.717, 1.165) is 16.9 Å². The fraction of sp³-hybridized carbons (Fsp3) is 0.412. The van der Waals surface area contributed by atoms with Crippen molar-refractivity contribution in [1.82, 2.24) is 14.3 Å². The summed E-state index contributed by atoms with van der Waals surface area (Å²) in [5, 5.41) is 9.17. The SMILES string of the molecule is Cn1cncc1CN1CC(NS(=O)(=O)CCN)Cc2cc(C#N)ccc21. The van der Waals surface area contributed by atoms with Crippen LogP contribution in [0.5, 0.6) is 0 Å². The third kappa shape index (κ3) is 4.04. The Hall–Kier alpha value is -2.41. The molecule has 0 amide bonds. The van der Waals surface area contributed by atoms with Crippen molar-refractivity contribution in [2.24, 2.45) is 12.8 Å². The Morgan fingerprint density at radius 1 is 1.46 bits per heavy atom. The van der Waals surface area contributed by atoms with Gasteiger partial charge in [-0.2, -0.15) is 5.26 Å². The molecule has 2 heterocycles. The first-order valence-corrected chi connectivity index (χ1v) is 10.0. The van der Waals surface area contributed by atoms with Crippen molar-refractivity contribution in [3.8, 4) is 6.07 Å². The lowest BCUT2D eigenvalue weighted by Crippen LogP contribution is -2.49. The summed E-state index contributed by atoms with van der Waals surface area (Å²) >= 11 is 0. The highest BCUT2D eigenvalue weighted by molar-refractivity contribution is 7.89. The molecule has 0 saturated carbocycles. The number of nitrogens with one attached hydrogen (secondary N) is 1. The monoisotopic (exact) mass is 374 g/mol. The van der Waals surface area contributed by atoms with Gasteiger partial charge in [0, 0.05) is 38.1 Å². The molecule has 1 unspecified atom stereocenters. The van der Waals surface area contributed by atoms with Crippen LogP contribution in [0.15, 0.2) is 30.7 Å². The van der Waals surface area contributed by atoms with Gasteiger partial charge in [-0.1, -0.05) is 0 Å². The molecule has 1 aliphatic heterocycles. The molecule has 8 nitrogen and oxygen atoms in total. The van der Waals surface area contributed by atoms with Crippen LogP contribution in [0.25, 0.3) is 0 Å². The third-order valence-electron chi connectivity index (χ3n) is 4.46. The van der Waals surface area contributed by atoms with Gasteiger partial charge in [0.25, 0.3) is 0 Å². The number of nitrogens with two attached hydrogens (primary N) is 1. The van der Waals surface area contributed by atoms with Crippen molar-refractivity contribution in [1.29, 1.82) is 5.26 Å². The Balaban J connectivity index is 1.90. The number of aromatic nitrogens is 2. The summed E-state index contributed by atoms with van der Waals surface area (Å²) in [6.07, 6.45) is 4.07. The predicted octanol–water partition coefficient (Wildman–Crippen LogP) is 0.101. The largest absolute Gasteiger partial charge is 0.364 e. The molecular formula is C17H22N6O2S. The number of nitriles is 1. The predicted molar refractivity (Wildman–Crippen MR) is 98.9 cm³/mol. The van der Waals surface area contributed by atoms with E-state index in [1.54, 1.807) is 18.6 Å². The molecule has 9 heteroatoms. The highest BCUT2D eigenvalue weighted by Gasteiger charge is 2.28. The molecule has 3 N–H and O–H groups in total. The van der Waals surface area contributed by atoms with Gasteiger partial charge >= 0.3 is 0 Å². The number of benzene rings is 1. The fourth-order valence-corrected chi connectivity index (χ4v) is 4.34. The van der Waals surface area contributed by atoms with Crippen molar-refractivity contribution >= 4 is 15.7 Å². The van der Waals surface area contributed by atoms with Gasteiger partial charge in [-0.15, -0.1) is 0 Å². The number of fused-ring (bicyclic) bond motifs is 1. The van der Waals surface area contributed by atoms with Gasteiger partial charge in [-0.3, -0.25) is 0 Å². The Kier molecular flexibility index (Phi) is 5.27. The van der Waals surface area contributed by atoms with Crippen LogP contribution < -0.4 is 15.4 Å². The van der Waals surface area contributed by atoms with Crippen LogP contribution in [0.4, 0.5) is 5.69 Å². The number of sulfonamides is 1. The number of nitrogens with zero attached hydrogens (tertiary/aromatic N) is 4. The van der Waals surface area contributed by atoms with E-state index in [1.165, 1.54) is 0 Å². The summed E-state index contributed by atoms with van der Waals surface area (Å²) < 4.78 is 29.0. The summed E-state index contributed by atoms with van der Waals surface area (Å²) in [4.78, 5) is 6.26. The summed E-state index contributed by atoms with van der Waals surface area (Å²) in [6, 6.07) is 7.41. The highest BCUT2D eigenvalue weighted by Crippen LogP contribution is 2.29. The molecule has 0 radical (unpaired) electrons. The Morgan fingerprint density at radius 3 is 2.92 bits per heavy atom. The van der Waals surface area contributed by atoms with Crippen LogP contribution in [0.3, 0.4) is 0 Å². The quantitative estimate of drug-likeness (QED) is 0.741. The van der Waals surface area contributed by atoms with Crippen LogP contribution in [-0.4, -0.2) is 42.9 Å². The number of aryl methyl sites for hydroxylation is 1. The molecule has 0 bridgehead atoms. The van der Waals surface area contributed by atoms with E-state index in [9.17, 15) is 13.7 Å². The standard InChI is InChI=1S/C17H22N6O2S/c1-22-12-20-9-16(22)11-23-10-15(21-26(24,25)5-4-18)7-14-6-13(8-19)2-3-17(14)23/h2-3,6,9,12,15,21H,4-5,7,10-11,18H2,1H3. The zero-order valence-corrected chi connectivity index (χ0v) is 15.4. The smallest absolute Gasteiger partial charge is 0.213 e. The molecule has 0 spiro atoms. The fourth-order valence-electron chi connectivity index (χ4n) is 3.25. The van der Waals surface area contributed by atoms with Gasteiger partial charge < -0.3 is 15.2 Å². The maximum atomic E-state index is 12.1. The molecule has 1 aromatic heterocycles. The molecule has 1 aliphatic rings. The van der Waals surface area contributed by atoms with Crippen molar-refractivity contribution < 1.29 is 8.42 Å². The second kappa shape index (κ2) is 7.45. The second-order valence-corrected chi connectivity index (χ2v) is 8.33. The highest BCUT2D eigenvalue weighted by atomic mass is 32.2. The zero-order valence-electron chi connectivity index (χ0n) is 14.6. The Bertz CT molecular complexity index is 931. The first-order valence-electron chi connectivity index (χ1n) is 8.35. The van der Waals surface area contributed by atoms with E-state index >= 15 is 0 Å². The molecule has 138 valence electrons. The van der Waals surface area contributed by atoms with Crippen LogP contribution in [-0.2, 0) is 30.0 Å².